The Bertz CT molecular complexity index is 1280. The van der Waals surface area contributed by atoms with Crippen LogP contribution in [0.1, 0.15) is 19.3 Å². The van der Waals surface area contributed by atoms with Crippen LogP contribution in [0.3, 0.4) is 0 Å². The molecule has 1 atom stereocenters. The largest absolute Gasteiger partial charge is 0.483 e. The van der Waals surface area contributed by atoms with Gasteiger partial charge in [-0.05, 0) is 55.7 Å². The number of hydrogen-bond donors (Lipinski definition) is 3. The zero-order valence-corrected chi connectivity index (χ0v) is 22.2. The summed E-state index contributed by atoms with van der Waals surface area (Å²) in [6.07, 6.45) is -0.754. The van der Waals surface area contributed by atoms with Gasteiger partial charge in [0.1, 0.15) is 29.9 Å². The Balaban J connectivity index is 1.46. The number of hydrogen-bond acceptors (Lipinski definition) is 8. The summed E-state index contributed by atoms with van der Waals surface area (Å²) in [5.74, 6) is 2.69. The summed E-state index contributed by atoms with van der Waals surface area (Å²) in [7, 11) is 0. The van der Waals surface area contributed by atoms with E-state index < -0.39 is 24.3 Å². The smallest absolute Gasteiger partial charge is 0.413 e. The molecule has 0 heterocycles. The third-order valence-corrected chi connectivity index (χ3v) is 5.39. The van der Waals surface area contributed by atoms with Crippen molar-refractivity contribution in [3.8, 4) is 17.2 Å². The van der Waals surface area contributed by atoms with E-state index in [4.69, 9.17) is 18.9 Å². The van der Waals surface area contributed by atoms with E-state index in [2.05, 4.69) is 16.0 Å². The average molecular weight is 562 g/mol. The van der Waals surface area contributed by atoms with Gasteiger partial charge < -0.3 is 34.9 Å². The van der Waals surface area contributed by atoms with E-state index in [0.29, 0.717) is 36.6 Å². The highest BCUT2D eigenvalue weighted by Gasteiger charge is 2.21. The molecular weight excluding hydrogens is 530 g/mol. The van der Waals surface area contributed by atoms with Crippen LogP contribution in [0.5, 0.6) is 17.2 Å². The summed E-state index contributed by atoms with van der Waals surface area (Å²) in [4.78, 5) is 48.2. The Labute approximate surface area is 237 Å². The van der Waals surface area contributed by atoms with Crippen LogP contribution in [0.4, 0.5) is 14.4 Å². The Morgan fingerprint density at radius 1 is 0.634 bits per heavy atom. The number of ether oxygens (including phenoxy) is 4. The van der Waals surface area contributed by atoms with Crippen LogP contribution in [0.2, 0.25) is 0 Å². The fourth-order valence-electron chi connectivity index (χ4n) is 3.48. The van der Waals surface area contributed by atoms with E-state index in [1.807, 2.05) is 6.07 Å². The first kappa shape index (κ1) is 30.3. The summed E-state index contributed by atoms with van der Waals surface area (Å²) in [6.45, 7) is 0.264. The fraction of sp³-hybridized carbons (Fsp3) is 0.233. The molecule has 0 aliphatic carbocycles. The second-order valence-electron chi connectivity index (χ2n) is 8.47. The van der Waals surface area contributed by atoms with Gasteiger partial charge in [0.15, 0.2) is 5.94 Å². The van der Waals surface area contributed by atoms with Crippen molar-refractivity contribution in [1.29, 1.82) is 0 Å². The van der Waals surface area contributed by atoms with Gasteiger partial charge in [0, 0.05) is 6.54 Å². The molecule has 0 aromatic heterocycles. The van der Waals surface area contributed by atoms with Crippen molar-refractivity contribution in [3.63, 3.8) is 0 Å². The number of rotatable bonds is 14. The number of unbranched alkanes of at least 4 members (excludes halogenated alkanes) is 1. The monoisotopic (exact) mass is 561 g/mol. The van der Waals surface area contributed by atoms with Gasteiger partial charge in [-0.3, -0.25) is 0 Å². The minimum atomic E-state index is -0.865. The fourth-order valence-corrected chi connectivity index (χ4v) is 3.48. The molecule has 3 rings (SSSR count). The molecule has 11 heteroatoms. The summed E-state index contributed by atoms with van der Waals surface area (Å²) in [5.41, 5.74) is 0. The topological polar surface area (TPSA) is 141 Å². The zero-order valence-electron chi connectivity index (χ0n) is 22.2. The molecule has 3 aromatic carbocycles. The minimum Gasteiger partial charge on any atom is -0.483 e. The van der Waals surface area contributed by atoms with Crippen LogP contribution in [-0.4, -0.2) is 50.0 Å². The molecule has 3 N–H and O–H groups in total. The van der Waals surface area contributed by atoms with Crippen molar-refractivity contribution >= 4 is 24.2 Å². The second kappa shape index (κ2) is 17.3. The predicted molar refractivity (Wildman–Crippen MR) is 149 cm³/mol. The third kappa shape index (κ3) is 12.0. The molecule has 3 amide bonds. The molecule has 0 spiro atoms. The average Bonchev–Trinajstić information content (AvgIpc) is 2.98. The normalized spacial score (nSPS) is 10.7. The van der Waals surface area contributed by atoms with Crippen LogP contribution >= 0.6 is 0 Å². The quantitative estimate of drug-likeness (QED) is 0.147. The van der Waals surface area contributed by atoms with Crippen LogP contribution in [0, 0.1) is 0 Å². The number of nitrogens with one attached hydrogen (secondary N) is 3. The van der Waals surface area contributed by atoms with Crippen molar-refractivity contribution in [1.82, 2.24) is 16.0 Å². The number of benzene rings is 3. The Morgan fingerprint density at radius 2 is 1.10 bits per heavy atom. The highest BCUT2D eigenvalue weighted by atomic mass is 16.6. The number of carbonyl (C=O) groups is 3. The molecule has 0 saturated carbocycles. The highest BCUT2D eigenvalue weighted by molar-refractivity contribution is 5.72. The van der Waals surface area contributed by atoms with Crippen LogP contribution in [0.25, 0.3) is 0 Å². The molecule has 0 fully saturated rings. The SMILES string of the molecule is O=C=C(OCCNC(=O)Oc1ccccc1)C(CCCCNC(=O)Oc1ccccc1)NC(=O)Oc1ccccc1. The standard InChI is InChI=1S/C30H31N3O8/c34-22-27(38-21-20-32-29(36)40-24-14-6-2-7-15-24)26(33-30(37)41-25-16-8-3-9-17-25)18-10-11-19-31-28(35)39-23-12-4-1-5-13-23/h1-9,12-17,26H,10-11,18-21H2,(H,31,35)(H,32,36)(H,33,37). The Morgan fingerprint density at radius 3 is 1.59 bits per heavy atom. The van der Waals surface area contributed by atoms with E-state index in [-0.39, 0.29) is 25.3 Å². The molecular formula is C30H31N3O8. The lowest BCUT2D eigenvalue weighted by molar-refractivity contribution is 0.165. The summed E-state index contributed by atoms with van der Waals surface area (Å²) >= 11 is 0. The molecule has 0 saturated heterocycles. The summed E-state index contributed by atoms with van der Waals surface area (Å²) in [6, 6.07) is 24.8. The molecule has 0 aliphatic rings. The molecule has 3 aromatic rings. The number of para-hydroxylation sites is 3. The second-order valence-corrected chi connectivity index (χ2v) is 8.47. The van der Waals surface area contributed by atoms with E-state index >= 15 is 0 Å². The maximum absolute atomic E-state index is 12.5. The first-order valence-electron chi connectivity index (χ1n) is 13.0. The first-order valence-corrected chi connectivity index (χ1v) is 13.0. The molecule has 0 aliphatic heterocycles. The van der Waals surface area contributed by atoms with Gasteiger partial charge in [0.05, 0.1) is 6.54 Å². The van der Waals surface area contributed by atoms with Gasteiger partial charge >= 0.3 is 18.3 Å². The number of carbonyl (C=O) groups excluding carboxylic acids is 4. The van der Waals surface area contributed by atoms with E-state index in [1.54, 1.807) is 90.9 Å². The maximum Gasteiger partial charge on any atom is 0.413 e. The van der Waals surface area contributed by atoms with Gasteiger partial charge in [0.2, 0.25) is 5.76 Å². The lowest BCUT2D eigenvalue weighted by Crippen LogP contribution is -2.40. The minimum absolute atomic E-state index is 0.0332. The van der Waals surface area contributed by atoms with Gasteiger partial charge in [0.25, 0.3) is 0 Å². The molecule has 214 valence electrons. The van der Waals surface area contributed by atoms with Crippen molar-refractivity contribution < 1.29 is 38.1 Å². The molecule has 11 nitrogen and oxygen atoms in total. The van der Waals surface area contributed by atoms with E-state index in [9.17, 15) is 19.2 Å². The van der Waals surface area contributed by atoms with Crippen LogP contribution in [-0.2, 0) is 9.53 Å². The first-order chi connectivity index (χ1) is 20.0. The predicted octanol–water partition coefficient (Wildman–Crippen LogP) is 4.62. The maximum atomic E-state index is 12.5. The lowest BCUT2D eigenvalue weighted by atomic mass is 10.1. The van der Waals surface area contributed by atoms with Crippen molar-refractivity contribution in [2.24, 2.45) is 0 Å². The van der Waals surface area contributed by atoms with Gasteiger partial charge in [-0.2, -0.15) is 0 Å². The third-order valence-electron chi connectivity index (χ3n) is 5.39. The van der Waals surface area contributed by atoms with E-state index in [0.717, 1.165) is 0 Å². The van der Waals surface area contributed by atoms with Crippen molar-refractivity contribution in [2.45, 2.75) is 25.3 Å². The lowest BCUT2D eigenvalue weighted by Gasteiger charge is -2.20. The molecule has 41 heavy (non-hydrogen) atoms. The highest BCUT2D eigenvalue weighted by Crippen LogP contribution is 2.13. The van der Waals surface area contributed by atoms with Gasteiger partial charge in [-0.25, -0.2) is 19.2 Å². The van der Waals surface area contributed by atoms with Crippen LogP contribution < -0.4 is 30.2 Å². The Hall–Kier alpha value is -5.28. The molecule has 1 unspecified atom stereocenters. The summed E-state index contributed by atoms with van der Waals surface area (Å²) in [5, 5.41) is 7.79. The van der Waals surface area contributed by atoms with Crippen LogP contribution in [0.15, 0.2) is 96.8 Å². The van der Waals surface area contributed by atoms with Gasteiger partial charge in [-0.15, -0.1) is 0 Å². The molecule has 0 bridgehead atoms. The number of amides is 3. The molecule has 0 radical (unpaired) electrons. The summed E-state index contributed by atoms with van der Waals surface area (Å²) < 4.78 is 21.1. The van der Waals surface area contributed by atoms with E-state index in [1.165, 1.54) is 0 Å². The zero-order chi connectivity index (χ0) is 29.1. The van der Waals surface area contributed by atoms with Gasteiger partial charge in [-0.1, -0.05) is 54.6 Å². The Kier molecular flexibility index (Phi) is 12.8. The van der Waals surface area contributed by atoms with Crippen molar-refractivity contribution in [2.75, 3.05) is 19.7 Å². The van der Waals surface area contributed by atoms with Crippen molar-refractivity contribution in [3.05, 3.63) is 96.8 Å².